The number of anilines is 1. The van der Waals surface area contributed by atoms with Crippen molar-refractivity contribution in [2.45, 2.75) is 52.7 Å². The van der Waals surface area contributed by atoms with Gasteiger partial charge in [0.05, 0.1) is 18.4 Å². The Hall–Kier alpha value is -2.46. The Kier molecular flexibility index (Phi) is 7.49. The molecule has 0 bridgehead atoms. The van der Waals surface area contributed by atoms with Gasteiger partial charge in [0.15, 0.2) is 5.13 Å². The number of hydrogen-bond donors (Lipinski definition) is 1. The van der Waals surface area contributed by atoms with Gasteiger partial charge in [0.25, 0.3) is 0 Å². The molecule has 0 saturated heterocycles. The van der Waals surface area contributed by atoms with Crippen molar-refractivity contribution < 1.29 is 33.6 Å². The van der Waals surface area contributed by atoms with E-state index in [4.69, 9.17) is 9.47 Å². The lowest BCUT2D eigenvalue weighted by atomic mass is 10.1. The van der Waals surface area contributed by atoms with Crippen LogP contribution >= 0.6 is 11.3 Å². The van der Waals surface area contributed by atoms with Gasteiger partial charge in [0.2, 0.25) is 0 Å². The zero-order valence-electron chi connectivity index (χ0n) is 16.4. The molecule has 1 N–H and O–H groups in total. The number of nitrogens with zero attached hydrogens (tertiary/aromatic N) is 1. The number of hydrogen-bond acceptors (Lipinski definition) is 9. The minimum atomic E-state index is -0.933. The van der Waals surface area contributed by atoms with Crippen LogP contribution in [0.2, 0.25) is 0 Å². The second-order valence-corrected chi connectivity index (χ2v) is 8.15. The minimum Gasteiger partial charge on any atom is -0.457 e. The molecule has 0 aliphatic rings. The van der Waals surface area contributed by atoms with E-state index < -0.39 is 29.2 Å². The molecular formula is C17H24N2O7S. The molecular weight excluding hydrogens is 376 g/mol. The van der Waals surface area contributed by atoms with E-state index in [0.29, 0.717) is 0 Å². The van der Waals surface area contributed by atoms with Gasteiger partial charge >= 0.3 is 18.0 Å². The van der Waals surface area contributed by atoms with Gasteiger partial charge in [-0.05, 0) is 41.5 Å². The van der Waals surface area contributed by atoms with E-state index in [-0.39, 0.29) is 16.4 Å². The number of ether oxygens (including phenoxy) is 2. The van der Waals surface area contributed by atoms with Gasteiger partial charge in [0, 0.05) is 11.5 Å². The van der Waals surface area contributed by atoms with Crippen molar-refractivity contribution >= 4 is 40.1 Å². The molecule has 0 saturated carbocycles. The van der Waals surface area contributed by atoms with Crippen molar-refractivity contribution in [3.8, 4) is 0 Å². The van der Waals surface area contributed by atoms with Gasteiger partial charge in [-0.1, -0.05) is 0 Å². The van der Waals surface area contributed by atoms with Crippen molar-refractivity contribution in [2.24, 2.45) is 0 Å². The molecule has 9 nitrogen and oxygen atoms in total. The van der Waals surface area contributed by atoms with Crippen LogP contribution in [0.5, 0.6) is 0 Å². The molecule has 1 aromatic heterocycles. The number of carbonyl (C=O) groups excluding carboxylic acids is 3. The molecule has 0 unspecified atom stereocenters. The van der Waals surface area contributed by atoms with Crippen LogP contribution in [0.3, 0.4) is 0 Å². The Morgan fingerprint density at radius 3 is 2.19 bits per heavy atom. The first-order valence-corrected chi connectivity index (χ1v) is 8.84. The summed E-state index contributed by atoms with van der Waals surface area (Å²) in [5.41, 5.74) is -1.48. The summed E-state index contributed by atoms with van der Waals surface area (Å²) in [5.74, 6) is -1.68. The smallest absolute Gasteiger partial charge is 0.413 e. The highest BCUT2D eigenvalue weighted by molar-refractivity contribution is 7.14. The van der Waals surface area contributed by atoms with Crippen LogP contribution in [0.1, 0.15) is 47.2 Å². The summed E-state index contributed by atoms with van der Waals surface area (Å²) in [4.78, 5) is 48.9. The maximum Gasteiger partial charge on any atom is 0.413 e. The summed E-state index contributed by atoms with van der Waals surface area (Å²) >= 11 is 1.04. The van der Waals surface area contributed by atoms with E-state index >= 15 is 0 Å². The van der Waals surface area contributed by atoms with E-state index in [1.165, 1.54) is 5.38 Å². The van der Waals surface area contributed by atoms with E-state index in [0.717, 1.165) is 24.5 Å². The van der Waals surface area contributed by atoms with Crippen molar-refractivity contribution in [1.82, 2.24) is 4.98 Å². The number of rotatable bonds is 5. The molecule has 0 spiro atoms. The molecule has 0 fully saturated rings. The van der Waals surface area contributed by atoms with Gasteiger partial charge in [-0.25, -0.2) is 19.4 Å². The lowest BCUT2D eigenvalue weighted by molar-refractivity contribution is -0.248. The normalized spacial score (nSPS) is 12.3. The minimum absolute atomic E-state index is 0.110. The van der Waals surface area contributed by atoms with E-state index in [1.54, 1.807) is 41.5 Å². The fourth-order valence-electron chi connectivity index (χ4n) is 1.65. The van der Waals surface area contributed by atoms with E-state index in [2.05, 4.69) is 20.1 Å². The summed E-state index contributed by atoms with van der Waals surface area (Å²) < 4.78 is 10.3. The molecule has 1 rings (SSSR count). The number of esters is 1. The van der Waals surface area contributed by atoms with Crippen LogP contribution in [-0.2, 0) is 28.8 Å². The average Bonchev–Trinajstić information content (AvgIpc) is 2.88. The molecule has 1 heterocycles. The fourth-order valence-corrected chi connectivity index (χ4v) is 2.35. The molecule has 0 radical (unpaired) electrons. The Bertz CT molecular complexity index is 726. The predicted molar refractivity (Wildman–Crippen MR) is 98.9 cm³/mol. The zero-order chi connectivity index (χ0) is 20.8. The third-order valence-electron chi connectivity index (χ3n) is 2.44. The quantitative estimate of drug-likeness (QED) is 0.347. The molecule has 1 amide bonds. The highest BCUT2D eigenvalue weighted by atomic mass is 32.1. The summed E-state index contributed by atoms with van der Waals surface area (Å²) in [6.07, 6.45) is 0.263. The lowest BCUT2D eigenvalue weighted by Crippen LogP contribution is -2.27. The van der Waals surface area contributed by atoms with Crippen LogP contribution < -0.4 is 5.32 Å². The first-order chi connectivity index (χ1) is 12.3. The molecule has 0 atom stereocenters. The van der Waals surface area contributed by atoms with Gasteiger partial charge < -0.3 is 9.47 Å². The third-order valence-corrected chi connectivity index (χ3v) is 3.19. The van der Waals surface area contributed by atoms with Crippen molar-refractivity contribution in [3.05, 3.63) is 17.2 Å². The van der Waals surface area contributed by atoms with Crippen LogP contribution in [0.15, 0.2) is 11.5 Å². The molecule has 0 aromatic carbocycles. The molecule has 10 heteroatoms. The molecule has 1 aromatic rings. The maximum absolute atomic E-state index is 12.1. The van der Waals surface area contributed by atoms with E-state index in [9.17, 15) is 14.4 Å². The van der Waals surface area contributed by atoms with Crippen LogP contribution in [-0.4, -0.2) is 41.3 Å². The van der Waals surface area contributed by atoms with Crippen LogP contribution in [0.4, 0.5) is 9.93 Å². The number of carbonyl (C=O) groups is 3. The predicted octanol–water partition coefficient (Wildman–Crippen LogP) is 3.32. The van der Waals surface area contributed by atoms with Gasteiger partial charge in [-0.2, -0.15) is 4.89 Å². The number of nitrogens with one attached hydrogen (secondary N) is 1. The zero-order valence-corrected chi connectivity index (χ0v) is 17.2. The standard InChI is InChI=1S/C17H24N2O7S/c1-16(2,3)24-12(20)8-10(13(21)26-23-7)11-9-27-14(18-11)19-15(22)25-17(4,5)6/h8-9H,1-7H3,(H,18,19,22). The van der Waals surface area contributed by atoms with Crippen LogP contribution in [0, 0.1) is 0 Å². The SMILES string of the molecule is COOC(=O)C(=CC(=O)OC(C)(C)C)c1csc(NC(=O)OC(C)(C)C)n1. The first kappa shape index (κ1) is 22.6. The monoisotopic (exact) mass is 400 g/mol. The Morgan fingerprint density at radius 1 is 1.07 bits per heavy atom. The number of thiazole rings is 1. The Labute approximate surface area is 161 Å². The highest BCUT2D eigenvalue weighted by Gasteiger charge is 2.23. The maximum atomic E-state index is 12.1. The van der Waals surface area contributed by atoms with Crippen molar-refractivity contribution in [2.75, 3.05) is 12.4 Å². The Morgan fingerprint density at radius 2 is 1.67 bits per heavy atom. The second kappa shape index (κ2) is 8.96. The van der Waals surface area contributed by atoms with Crippen LogP contribution in [0.25, 0.3) is 5.57 Å². The fraction of sp³-hybridized carbons (Fsp3) is 0.529. The van der Waals surface area contributed by atoms with E-state index in [1.807, 2.05) is 0 Å². The first-order valence-electron chi connectivity index (χ1n) is 7.96. The average molecular weight is 400 g/mol. The van der Waals surface area contributed by atoms with Gasteiger partial charge in [-0.15, -0.1) is 11.3 Å². The Balaban J connectivity index is 3.04. The summed E-state index contributed by atoms with van der Waals surface area (Å²) in [6.45, 7) is 10.2. The second-order valence-electron chi connectivity index (χ2n) is 7.29. The molecule has 0 aliphatic carbocycles. The molecule has 27 heavy (non-hydrogen) atoms. The largest absolute Gasteiger partial charge is 0.457 e. The molecule has 0 aliphatic heterocycles. The van der Waals surface area contributed by atoms with Crippen molar-refractivity contribution in [3.63, 3.8) is 0 Å². The summed E-state index contributed by atoms with van der Waals surface area (Å²) in [5, 5.41) is 4.11. The summed E-state index contributed by atoms with van der Waals surface area (Å²) in [7, 11) is 1.15. The topological polar surface area (TPSA) is 113 Å². The highest BCUT2D eigenvalue weighted by Crippen LogP contribution is 2.24. The number of aromatic nitrogens is 1. The molecule has 150 valence electrons. The van der Waals surface area contributed by atoms with Crippen molar-refractivity contribution in [1.29, 1.82) is 0 Å². The van der Waals surface area contributed by atoms with Gasteiger partial charge in [0.1, 0.15) is 11.2 Å². The summed E-state index contributed by atoms with van der Waals surface area (Å²) in [6, 6.07) is 0. The van der Waals surface area contributed by atoms with Gasteiger partial charge in [-0.3, -0.25) is 10.2 Å². The third kappa shape index (κ3) is 8.65. The number of amides is 1. The lowest BCUT2D eigenvalue weighted by Gasteiger charge is -2.19.